The van der Waals surface area contributed by atoms with Crippen LogP contribution in [0.25, 0.3) is 0 Å². The Morgan fingerprint density at radius 3 is 2.94 bits per heavy atom. The minimum absolute atomic E-state index is 0.0753. The molecule has 2 rings (SSSR count). The summed E-state index contributed by atoms with van der Waals surface area (Å²) in [7, 11) is 0. The zero-order valence-electron chi connectivity index (χ0n) is 10.2. The third kappa shape index (κ3) is 2.87. The number of hydrogen-bond acceptors (Lipinski definition) is 3. The summed E-state index contributed by atoms with van der Waals surface area (Å²) in [6.07, 6.45) is 1.80. The Bertz CT molecular complexity index is 459. The van der Waals surface area contributed by atoms with E-state index in [1.54, 1.807) is 0 Å². The highest BCUT2D eigenvalue weighted by atomic mass is 16.2. The van der Waals surface area contributed by atoms with Gasteiger partial charge in [0.1, 0.15) is 6.54 Å². The lowest BCUT2D eigenvalue weighted by molar-refractivity contribution is -0.128. The number of nitrogens with zero attached hydrogens (tertiary/aromatic N) is 1. The van der Waals surface area contributed by atoms with Crippen LogP contribution in [0, 0.1) is 0 Å². The summed E-state index contributed by atoms with van der Waals surface area (Å²) >= 11 is 0. The van der Waals surface area contributed by atoms with Crippen molar-refractivity contribution in [1.29, 1.82) is 0 Å². The molecule has 0 saturated carbocycles. The van der Waals surface area contributed by atoms with E-state index in [1.807, 2.05) is 24.3 Å². The van der Waals surface area contributed by atoms with Crippen LogP contribution in [0.1, 0.15) is 12.0 Å². The first-order chi connectivity index (χ1) is 8.70. The Hall–Kier alpha value is -1.88. The molecule has 0 aliphatic carbocycles. The van der Waals surface area contributed by atoms with E-state index in [2.05, 4.69) is 5.32 Å². The number of amides is 2. The second-order valence-corrected chi connectivity index (χ2v) is 4.32. The standard InChI is InChI=1S/C13H17N3O2/c14-6-2-4-10-3-1-5-11(7-10)16-9-12(17)15-8-13(16)18/h1,3,5,7H,2,4,6,8-9,14H2,(H,15,17). The maximum Gasteiger partial charge on any atom is 0.246 e. The average Bonchev–Trinajstić information content (AvgIpc) is 2.39. The molecule has 1 aliphatic heterocycles. The summed E-state index contributed by atoms with van der Waals surface area (Å²) in [5, 5.41) is 2.53. The molecule has 5 heteroatoms. The highest BCUT2D eigenvalue weighted by molar-refractivity contribution is 6.04. The first-order valence-electron chi connectivity index (χ1n) is 6.07. The Kier molecular flexibility index (Phi) is 3.94. The van der Waals surface area contributed by atoms with Crippen LogP contribution in [0.15, 0.2) is 24.3 Å². The van der Waals surface area contributed by atoms with Crippen LogP contribution < -0.4 is 16.0 Å². The van der Waals surface area contributed by atoms with E-state index in [1.165, 1.54) is 4.90 Å². The van der Waals surface area contributed by atoms with Crippen molar-refractivity contribution in [2.24, 2.45) is 5.73 Å². The minimum Gasteiger partial charge on any atom is -0.345 e. The number of nitrogens with one attached hydrogen (secondary N) is 1. The summed E-state index contributed by atoms with van der Waals surface area (Å²) in [4.78, 5) is 24.6. The number of carbonyl (C=O) groups excluding carboxylic acids is 2. The summed E-state index contributed by atoms with van der Waals surface area (Å²) in [6.45, 7) is 0.820. The first-order valence-corrected chi connectivity index (χ1v) is 6.07. The summed E-state index contributed by atoms with van der Waals surface area (Å²) in [5.41, 5.74) is 7.40. The van der Waals surface area contributed by atoms with Crippen molar-refractivity contribution in [3.05, 3.63) is 29.8 Å². The zero-order valence-corrected chi connectivity index (χ0v) is 10.2. The molecule has 1 heterocycles. The van der Waals surface area contributed by atoms with Gasteiger partial charge in [-0.05, 0) is 37.1 Å². The molecule has 1 aromatic rings. The fraction of sp³-hybridized carbons (Fsp3) is 0.385. The van der Waals surface area contributed by atoms with E-state index in [9.17, 15) is 9.59 Å². The van der Waals surface area contributed by atoms with Crippen LogP contribution in [0.5, 0.6) is 0 Å². The molecule has 2 amide bonds. The summed E-state index contributed by atoms with van der Waals surface area (Å²) in [5.74, 6) is -0.201. The van der Waals surface area contributed by atoms with E-state index in [0.717, 1.165) is 24.1 Å². The molecular formula is C13H17N3O2. The molecule has 0 bridgehead atoms. The first kappa shape index (κ1) is 12.6. The van der Waals surface area contributed by atoms with Crippen LogP contribution in [0.4, 0.5) is 5.69 Å². The van der Waals surface area contributed by atoms with Crippen molar-refractivity contribution in [3.8, 4) is 0 Å². The maximum atomic E-state index is 11.8. The van der Waals surface area contributed by atoms with Gasteiger partial charge in [0, 0.05) is 5.69 Å². The lowest BCUT2D eigenvalue weighted by Crippen LogP contribution is -2.51. The molecule has 3 N–H and O–H groups in total. The van der Waals surface area contributed by atoms with Crippen LogP contribution in [0.2, 0.25) is 0 Å². The van der Waals surface area contributed by atoms with Gasteiger partial charge in [-0.3, -0.25) is 9.59 Å². The van der Waals surface area contributed by atoms with Crippen LogP contribution in [-0.2, 0) is 16.0 Å². The van der Waals surface area contributed by atoms with Crippen molar-refractivity contribution in [2.45, 2.75) is 12.8 Å². The molecule has 5 nitrogen and oxygen atoms in total. The number of rotatable bonds is 4. The van der Waals surface area contributed by atoms with E-state index < -0.39 is 0 Å². The van der Waals surface area contributed by atoms with Gasteiger partial charge in [-0.25, -0.2) is 0 Å². The molecule has 18 heavy (non-hydrogen) atoms. The van der Waals surface area contributed by atoms with E-state index >= 15 is 0 Å². The second-order valence-electron chi connectivity index (χ2n) is 4.32. The number of carbonyl (C=O) groups is 2. The Labute approximate surface area is 106 Å². The molecule has 1 fully saturated rings. The number of aryl methyl sites for hydroxylation is 1. The monoisotopic (exact) mass is 247 g/mol. The molecule has 0 unspecified atom stereocenters. The number of benzene rings is 1. The van der Waals surface area contributed by atoms with Crippen LogP contribution >= 0.6 is 0 Å². The van der Waals surface area contributed by atoms with Crippen molar-refractivity contribution in [3.63, 3.8) is 0 Å². The summed E-state index contributed by atoms with van der Waals surface area (Å²) in [6, 6.07) is 7.71. The van der Waals surface area contributed by atoms with Crippen LogP contribution in [0.3, 0.4) is 0 Å². The largest absolute Gasteiger partial charge is 0.345 e. The Morgan fingerprint density at radius 2 is 2.17 bits per heavy atom. The molecule has 96 valence electrons. The maximum absolute atomic E-state index is 11.8. The quantitative estimate of drug-likeness (QED) is 0.789. The number of hydrogen-bond donors (Lipinski definition) is 2. The number of piperazine rings is 1. The lowest BCUT2D eigenvalue weighted by atomic mass is 10.1. The molecule has 0 spiro atoms. The molecule has 1 aromatic carbocycles. The molecule has 1 aliphatic rings. The topological polar surface area (TPSA) is 75.4 Å². The Morgan fingerprint density at radius 1 is 1.33 bits per heavy atom. The summed E-state index contributed by atoms with van der Waals surface area (Å²) < 4.78 is 0. The van der Waals surface area contributed by atoms with Crippen molar-refractivity contribution in [2.75, 3.05) is 24.5 Å². The van der Waals surface area contributed by atoms with Gasteiger partial charge in [0.2, 0.25) is 11.8 Å². The lowest BCUT2D eigenvalue weighted by Gasteiger charge is -2.27. The second kappa shape index (κ2) is 5.64. The third-order valence-electron chi connectivity index (χ3n) is 2.93. The van der Waals surface area contributed by atoms with E-state index in [0.29, 0.717) is 6.54 Å². The average molecular weight is 247 g/mol. The third-order valence-corrected chi connectivity index (χ3v) is 2.93. The SMILES string of the molecule is NCCCc1cccc(N2CC(=O)NCC2=O)c1. The smallest absolute Gasteiger partial charge is 0.246 e. The predicted molar refractivity (Wildman–Crippen MR) is 69.2 cm³/mol. The van der Waals surface area contributed by atoms with Gasteiger partial charge in [-0.2, -0.15) is 0 Å². The van der Waals surface area contributed by atoms with Gasteiger partial charge in [-0.1, -0.05) is 12.1 Å². The van der Waals surface area contributed by atoms with Gasteiger partial charge >= 0.3 is 0 Å². The van der Waals surface area contributed by atoms with Gasteiger partial charge < -0.3 is 16.0 Å². The van der Waals surface area contributed by atoms with Gasteiger partial charge in [0.15, 0.2) is 0 Å². The molecular weight excluding hydrogens is 230 g/mol. The molecule has 0 radical (unpaired) electrons. The highest BCUT2D eigenvalue weighted by Gasteiger charge is 2.24. The predicted octanol–water partition coefficient (Wildman–Crippen LogP) is 0.0407. The zero-order chi connectivity index (χ0) is 13.0. The van der Waals surface area contributed by atoms with E-state index in [-0.39, 0.29) is 24.9 Å². The Balaban J connectivity index is 2.16. The normalized spacial score (nSPS) is 15.7. The van der Waals surface area contributed by atoms with Crippen LogP contribution in [-0.4, -0.2) is 31.4 Å². The fourth-order valence-corrected chi connectivity index (χ4v) is 1.98. The number of nitrogens with two attached hydrogens (primary N) is 1. The van der Waals surface area contributed by atoms with Gasteiger partial charge in [0.05, 0.1) is 6.54 Å². The van der Waals surface area contributed by atoms with Crippen molar-refractivity contribution >= 4 is 17.5 Å². The molecule has 0 aromatic heterocycles. The van der Waals surface area contributed by atoms with Crippen molar-refractivity contribution < 1.29 is 9.59 Å². The molecule has 1 saturated heterocycles. The van der Waals surface area contributed by atoms with Gasteiger partial charge in [0.25, 0.3) is 0 Å². The molecule has 0 atom stereocenters. The highest BCUT2D eigenvalue weighted by Crippen LogP contribution is 2.18. The van der Waals surface area contributed by atoms with Crippen molar-refractivity contribution in [1.82, 2.24) is 5.32 Å². The minimum atomic E-state index is -0.123. The fourth-order valence-electron chi connectivity index (χ4n) is 1.98. The number of anilines is 1. The van der Waals surface area contributed by atoms with Gasteiger partial charge in [-0.15, -0.1) is 0 Å². The van der Waals surface area contributed by atoms with E-state index in [4.69, 9.17) is 5.73 Å².